The Hall–Kier alpha value is -4.83. The van der Waals surface area contributed by atoms with E-state index in [2.05, 4.69) is 179 Å². The molecular weight excluding hydrogens is 1390 g/mol. The van der Waals surface area contributed by atoms with Crippen LogP contribution in [0.5, 0.6) is 0 Å². The fourth-order valence-corrected chi connectivity index (χ4v) is 12.5. The summed E-state index contributed by atoms with van der Waals surface area (Å²) in [6.45, 7) is 2.38. The summed E-state index contributed by atoms with van der Waals surface area (Å²) in [7, 11) is -9.82. The Bertz CT molecular complexity index is 2580. The van der Waals surface area contributed by atoms with Crippen molar-refractivity contribution in [2.45, 2.75) is 347 Å². The van der Waals surface area contributed by atoms with Crippen molar-refractivity contribution in [3.63, 3.8) is 0 Å². The molecule has 0 saturated carbocycles. The molecule has 0 aliphatic heterocycles. The number of rotatable bonds is 78. The number of esters is 3. The Morgan fingerprint density at radius 1 is 0.271 bits per heavy atom. The molecule has 0 aromatic carbocycles. The lowest BCUT2D eigenvalue weighted by Gasteiger charge is -2.21. The Labute approximate surface area is 650 Å². The molecule has 5 unspecified atom stereocenters. The van der Waals surface area contributed by atoms with Crippen molar-refractivity contribution in [3.05, 3.63) is 158 Å². The van der Waals surface area contributed by atoms with Gasteiger partial charge in [0.15, 0.2) is 6.10 Å². The molecule has 0 aliphatic carbocycles. The Balaban J connectivity index is 4.52. The maximum Gasteiger partial charge on any atom is 0.472 e. The average Bonchev–Trinajstić information content (AvgIpc) is 0.927. The molecule has 0 aromatic heterocycles. The molecule has 0 spiro atoms. The first-order valence-electron chi connectivity index (χ1n) is 41.8. The van der Waals surface area contributed by atoms with Gasteiger partial charge in [0.05, 0.1) is 26.4 Å². The van der Waals surface area contributed by atoms with E-state index in [4.69, 9.17) is 32.3 Å². The number of carbonyl (C=O) groups is 3. The number of aliphatic hydroxyl groups excluding tert-OH is 2. The fourth-order valence-electron chi connectivity index (χ4n) is 10.9. The maximum atomic E-state index is 13.0. The quantitative estimate of drug-likeness (QED) is 0.0146. The van der Waals surface area contributed by atoms with Gasteiger partial charge in [-0.3, -0.25) is 32.5 Å². The third kappa shape index (κ3) is 82.0. The van der Waals surface area contributed by atoms with Crippen molar-refractivity contribution >= 4 is 33.6 Å². The topological polar surface area (TPSA) is 231 Å². The molecule has 0 heterocycles. The summed E-state index contributed by atoms with van der Waals surface area (Å²) in [5, 5.41) is 20.7. The van der Waals surface area contributed by atoms with Crippen LogP contribution in [0.1, 0.15) is 329 Å². The summed E-state index contributed by atoms with van der Waals surface area (Å²) in [6, 6.07) is 0. The summed E-state index contributed by atoms with van der Waals surface area (Å²) in [5.41, 5.74) is 0. The number of unbranched alkanes of at least 4 members (excludes halogenated alkanes) is 29. The second-order valence-electron chi connectivity index (χ2n) is 27.5. The van der Waals surface area contributed by atoms with Gasteiger partial charge in [-0.2, -0.15) is 0 Å². The Morgan fingerprint density at radius 2 is 0.495 bits per heavy atom. The van der Waals surface area contributed by atoms with Crippen LogP contribution in [0.3, 0.4) is 0 Å². The number of hydrogen-bond acceptors (Lipinski definition) is 14. The molecule has 4 N–H and O–H groups in total. The second kappa shape index (κ2) is 80.7. The van der Waals surface area contributed by atoms with E-state index in [9.17, 15) is 43.5 Å². The lowest BCUT2D eigenvalue weighted by molar-refractivity contribution is -0.161. The predicted molar refractivity (Wildman–Crippen MR) is 445 cm³/mol. The van der Waals surface area contributed by atoms with Crippen LogP contribution in [0.15, 0.2) is 158 Å². The molecule has 0 amide bonds. The minimum Gasteiger partial charge on any atom is -0.463 e. The molecule has 0 rings (SSSR count). The smallest absolute Gasteiger partial charge is 0.463 e. The highest BCUT2D eigenvalue weighted by Crippen LogP contribution is 2.45. The Morgan fingerprint density at radius 3 is 0.804 bits per heavy atom. The van der Waals surface area contributed by atoms with Crippen LogP contribution in [-0.4, -0.2) is 95.9 Å². The Kier molecular flexibility index (Phi) is 77.0. The van der Waals surface area contributed by atoms with Gasteiger partial charge in [0.2, 0.25) is 0 Å². The third-order valence-corrected chi connectivity index (χ3v) is 19.1. The van der Waals surface area contributed by atoms with Crippen molar-refractivity contribution in [1.82, 2.24) is 0 Å². The van der Waals surface area contributed by atoms with Gasteiger partial charge in [-0.05, 0) is 148 Å². The summed E-state index contributed by atoms with van der Waals surface area (Å²) < 4.78 is 61.2. The van der Waals surface area contributed by atoms with E-state index in [1.54, 1.807) is 0 Å². The second-order valence-corrected chi connectivity index (χ2v) is 30.4. The van der Waals surface area contributed by atoms with E-state index in [1.165, 1.54) is 116 Å². The summed E-state index contributed by atoms with van der Waals surface area (Å²) in [5.74, 6) is -1.64. The molecule has 0 fully saturated rings. The van der Waals surface area contributed by atoms with E-state index in [0.717, 1.165) is 154 Å². The van der Waals surface area contributed by atoms with Crippen LogP contribution in [0, 0.1) is 0 Å². The molecule has 0 radical (unpaired) electrons. The summed E-state index contributed by atoms with van der Waals surface area (Å²) in [4.78, 5) is 58.7. The number of phosphoric ester groups is 2. The normalized spacial score (nSPS) is 14.7. The molecule has 16 nitrogen and oxygen atoms in total. The third-order valence-electron chi connectivity index (χ3n) is 17.2. The zero-order chi connectivity index (χ0) is 78.0. The summed E-state index contributed by atoms with van der Waals surface area (Å²) >= 11 is 0. The molecule has 5 atom stereocenters. The first-order chi connectivity index (χ1) is 52.2. The fraction of sp³-hybridized carbons (Fsp3) is 0.674. The average molecular weight is 1540 g/mol. The van der Waals surface area contributed by atoms with Gasteiger partial charge in [0.1, 0.15) is 25.4 Å². The highest BCUT2D eigenvalue weighted by atomic mass is 31.2. The zero-order valence-electron chi connectivity index (χ0n) is 67.0. The van der Waals surface area contributed by atoms with Crippen LogP contribution >= 0.6 is 15.6 Å². The maximum absolute atomic E-state index is 13.0. The van der Waals surface area contributed by atoms with E-state index in [-0.39, 0.29) is 19.3 Å². The first-order valence-corrected chi connectivity index (χ1v) is 44.8. The molecule has 0 bridgehead atoms. The number of carbonyl (C=O) groups excluding carboxylic acids is 3. The van der Waals surface area contributed by atoms with Crippen LogP contribution < -0.4 is 0 Å². The van der Waals surface area contributed by atoms with Gasteiger partial charge >= 0.3 is 33.6 Å². The van der Waals surface area contributed by atoms with E-state index in [0.29, 0.717) is 19.3 Å². The van der Waals surface area contributed by atoms with Gasteiger partial charge < -0.3 is 34.2 Å². The molecule has 0 saturated heterocycles. The molecule has 0 aromatic rings. The standard InChI is InChI=1S/C89H150O16P2/c1-4-7-10-13-16-19-22-25-28-31-33-35-36-37-38-39-40-41-42-43-44-45-46-48-50-52-54-57-60-63-66-69-72-75-87(92)99-78-84(90)79-101-106(95,96)102-80-85(91)81-103-107(97,98)104-83-86(105-89(94)77-74-71-68-65-62-59-56-51-30-27-24-21-18-15-12-9-6-3)82-100-88(93)76-73-70-67-64-61-58-55-53-49-47-34-32-29-26-23-20-17-14-11-8-5-2/h8-9,11-12,16-21,25-30,33-35,37-38,47,53,55,61,64,84-86,90-91H,4-7,10,13-15,22-24,31-32,36,39-46,48-52,54,56-60,62-63,65-83H2,1-3H3,(H,95,96)(H,97,98)/b11-8-,12-9-,19-16-,20-17-,21-18-,28-25-,29-26-,30-27-,35-33-,38-37-,47-34-,55-53-,64-61-. The zero-order valence-corrected chi connectivity index (χ0v) is 68.8. The van der Waals surface area contributed by atoms with Crippen LogP contribution in [0.4, 0.5) is 0 Å². The van der Waals surface area contributed by atoms with Gasteiger partial charge in [0, 0.05) is 19.3 Å². The molecule has 612 valence electrons. The highest BCUT2D eigenvalue weighted by molar-refractivity contribution is 7.47. The van der Waals surface area contributed by atoms with Crippen LogP contribution in [-0.2, 0) is 55.8 Å². The van der Waals surface area contributed by atoms with E-state index >= 15 is 0 Å². The minimum absolute atomic E-state index is 0.0786. The SMILES string of the molecule is CC/C=C\C/C=C\C/C=C\C/C=C\C/C=C\C/C=C\CCCCC(=O)OCC(COP(=O)(O)OCC(O)COP(=O)(O)OCC(O)COC(=O)CCCCCCCCCCCCCCCCCCC/C=C\C/C=C\C/C=C\C/C=C\CCCCC)OC(=O)CCCCCCCCC/C=C\C/C=C\C/C=C\CC. The predicted octanol–water partition coefficient (Wildman–Crippen LogP) is 25.0. The molecular formula is C89H150O16P2. The number of hydrogen-bond donors (Lipinski definition) is 4. The van der Waals surface area contributed by atoms with Crippen molar-refractivity contribution in [1.29, 1.82) is 0 Å². The number of ether oxygens (including phenoxy) is 3. The van der Waals surface area contributed by atoms with Crippen molar-refractivity contribution in [3.8, 4) is 0 Å². The number of allylic oxidation sites excluding steroid dienone is 26. The van der Waals surface area contributed by atoms with Gasteiger partial charge in [-0.15, -0.1) is 0 Å². The number of phosphoric acid groups is 2. The van der Waals surface area contributed by atoms with Crippen molar-refractivity contribution in [2.75, 3.05) is 39.6 Å². The summed E-state index contributed by atoms with van der Waals surface area (Å²) in [6.07, 6.45) is 102. The molecule has 0 aliphatic rings. The number of aliphatic hydroxyl groups is 2. The first kappa shape index (κ1) is 102. The largest absolute Gasteiger partial charge is 0.472 e. The van der Waals surface area contributed by atoms with E-state index in [1.807, 2.05) is 0 Å². The lowest BCUT2D eigenvalue weighted by Crippen LogP contribution is -2.30. The van der Waals surface area contributed by atoms with Crippen LogP contribution in [0.25, 0.3) is 0 Å². The van der Waals surface area contributed by atoms with Gasteiger partial charge in [-0.1, -0.05) is 320 Å². The monoisotopic (exact) mass is 1540 g/mol. The lowest BCUT2D eigenvalue weighted by atomic mass is 10.0. The minimum atomic E-state index is -4.95. The van der Waals surface area contributed by atoms with Crippen molar-refractivity contribution in [2.24, 2.45) is 0 Å². The van der Waals surface area contributed by atoms with Gasteiger partial charge in [-0.25, -0.2) is 9.13 Å². The van der Waals surface area contributed by atoms with Crippen molar-refractivity contribution < 1.29 is 75.8 Å². The highest BCUT2D eigenvalue weighted by Gasteiger charge is 2.29. The van der Waals surface area contributed by atoms with Gasteiger partial charge in [0.25, 0.3) is 0 Å². The van der Waals surface area contributed by atoms with Crippen LogP contribution in [0.2, 0.25) is 0 Å². The molecule has 18 heteroatoms. The van der Waals surface area contributed by atoms with E-state index < -0.39 is 91.5 Å². The molecule has 107 heavy (non-hydrogen) atoms.